The molecule has 0 fully saturated rings. The molecule has 0 spiro atoms. The Morgan fingerprint density at radius 1 is 0.952 bits per heavy atom. The minimum atomic E-state index is -2.36. The molecule has 2 rings (SSSR count). The Bertz CT molecular complexity index is 709. The first-order valence-electron chi connectivity index (χ1n) is 5.19. The van der Waals surface area contributed by atoms with Crippen LogP contribution >= 0.6 is 11.6 Å². The average molecular weight is 324 g/mol. The molecule has 110 valence electrons. The molecule has 0 aliphatic heterocycles. The fraction of sp³-hybridized carbons (Fsp3) is 0. The number of ether oxygens (including phenoxy) is 1. The standard InChI is InChI=1S/C12H3ClF5NO2/c13-5-3-1-2-4(19-5)12(20)21-11-9(17)7(15)6(14)8(16)10(11)18/h1-3H. The Morgan fingerprint density at radius 3 is 2.00 bits per heavy atom. The minimum Gasteiger partial charge on any atom is -0.415 e. The number of pyridine rings is 1. The summed E-state index contributed by atoms with van der Waals surface area (Å²) in [6.07, 6.45) is 0. The van der Waals surface area contributed by atoms with Crippen LogP contribution in [-0.2, 0) is 0 Å². The van der Waals surface area contributed by atoms with Gasteiger partial charge in [-0.1, -0.05) is 17.7 Å². The molecule has 0 N–H and O–H groups in total. The number of hydrogen-bond donors (Lipinski definition) is 0. The van der Waals surface area contributed by atoms with Crippen LogP contribution in [0.5, 0.6) is 5.75 Å². The Morgan fingerprint density at radius 2 is 1.48 bits per heavy atom. The molecule has 0 aliphatic carbocycles. The van der Waals surface area contributed by atoms with Crippen molar-refractivity contribution >= 4 is 17.6 Å². The van der Waals surface area contributed by atoms with E-state index in [0.29, 0.717) is 0 Å². The summed E-state index contributed by atoms with van der Waals surface area (Å²) in [6, 6.07) is 3.67. The van der Waals surface area contributed by atoms with Crippen LogP contribution in [0.2, 0.25) is 5.15 Å². The van der Waals surface area contributed by atoms with Crippen LogP contribution in [-0.4, -0.2) is 11.0 Å². The van der Waals surface area contributed by atoms with Gasteiger partial charge < -0.3 is 4.74 Å². The van der Waals surface area contributed by atoms with Crippen LogP contribution in [0.1, 0.15) is 10.5 Å². The van der Waals surface area contributed by atoms with Gasteiger partial charge in [-0.15, -0.1) is 0 Å². The molecule has 0 saturated heterocycles. The predicted octanol–water partition coefficient (Wildman–Crippen LogP) is 3.65. The van der Waals surface area contributed by atoms with E-state index >= 15 is 0 Å². The van der Waals surface area contributed by atoms with E-state index in [4.69, 9.17) is 11.6 Å². The van der Waals surface area contributed by atoms with E-state index in [0.717, 1.165) is 6.07 Å². The number of halogens is 6. The van der Waals surface area contributed by atoms with E-state index in [1.165, 1.54) is 12.1 Å². The maximum Gasteiger partial charge on any atom is 0.362 e. The summed E-state index contributed by atoms with van der Waals surface area (Å²) in [5, 5.41) is -0.123. The summed E-state index contributed by atoms with van der Waals surface area (Å²) in [6.45, 7) is 0. The molecule has 1 aromatic heterocycles. The maximum absolute atomic E-state index is 13.3. The van der Waals surface area contributed by atoms with Crippen molar-refractivity contribution in [3.05, 3.63) is 58.1 Å². The minimum absolute atomic E-state index is 0.123. The fourth-order valence-electron chi connectivity index (χ4n) is 1.34. The normalized spacial score (nSPS) is 10.6. The molecule has 0 saturated carbocycles. The molecular weight excluding hydrogens is 321 g/mol. The third kappa shape index (κ3) is 2.80. The van der Waals surface area contributed by atoms with Crippen LogP contribution in [0.25, 0.3) is 0 Å². The number of hydrogen-bond acceptors (Lipinski definition) is 3. The number of carbonyl (C=O) groups is 1. The summed E-state index contributed by atoms with van der Waals surface area (Å²) >= 11 is 5.49. The van der Waals surface area contributed by atoms with Gasteiger partial charge in [-0.3, -0.25) is 0 Å². The van der Waals surface area contributed by atoms with E-state index < -0.39 is 46.5 Å². The smallest absolute Gasteiger partial charge is 0.362 e. The lowest BCUT2D eigenvalue weighted by Crippen LogP contribution is -2.15. The molecule has 1 heterocycles. The molecule has 2 aromatic rings. The van der Waals surface area contributed by atoms with E-state index in [1.54, 1.807) is 0 Å². The first-order chi connectivity index (χ1) is 9.82. The lowest BCUT2D eigenvalue weighted by atomic mass is 10.2. The summed E-state index contributed by atoms with van der Waals surface area (Å²) < 4.78 is 69.5. The van der Waals surface area contributed by atoms with Gasteiger partial charge in [-0.25, -0.2) is 22.9 Å². The van der Waals surface area contributed by atoms with Crippen molar-refractivity contribution in [3.8, 4) is 5.75 Å². The lowest BCUT2D eigenvalue weighted by molar-refractivity contribution is 0.0710. The largest absolute Gasteiger partial charge is 0.415 e. The van der Waals surface area contributed by atoms with Crippen LogP contribution < -0.4 is 4.74 Å². The summed E-state index contributed by atoms with van der Waals surface area (Å²) in [5.74, 6) is -14.5. The highest BCUT2D eigenvalue weighted by molar-refractivity contribution is 6.29. The number of esters is 1. The second kappa shape index (κ2) is 5.65. The first-order valence-corrected chi connectivity index (χ1v) is 5.57. The van der Waals surface area contributed by atoms with Gasteiger partial charge in [0.1, 0.15) is 5.15 Å². The van der Waals surface area contributed by atoms with Gasteiger partial charge in [-0.2, -0.15) is 8.78 Å². The summed E-state index contributed by atoms with van der Waals surface area (Å²) in [7, 11) is 0. The van der Waals surface area contributed by atoms with Crippen molar-refractivity contribution in [2.24, 2.45) is 0 Å². The maximum atomic E-state index is 13.3. The van der Waals surface area contributed by atoms with E-state index in [1.807, 2.05) is 0 Å². The number of carbonyl (C=O) groups excluding carboxylic acids is 1. The van der Waals surface area contributed by atoms with Gasteiger partial charge in [0.15, 0.2) is 5.69 Å². The number of aromatic nitrogens is 1. The lowest BCUT2D eigenvalue weighted by Gasteiger charge is -2.08. The van der Waals surface area contributed by atoms with Crippen LogP contribution in [0, 0.1) is 29.1 Å². The highest BCUT2D eigenvalue weighted by Crippen LogP contribution is 2.29. The zero-order chi connectivity index (χ0) is 15.7. The van der Waals surface area contributed by atoms with E-state index in [2.05, 4.69) is 9.72 Å². The average Bonchev–Trinajstić information content (AvgIpc) is 2.47. The summed E-state index contributed by atoms with van der Waals surface area (Å²) in [4.78, 5) is 15.0. The van der Waals surface area contributed by atoms with Gasteiger partial charge in [0.2, 0.25) is 34.8 Å². The van der Waals surface area contributed by atoms with Gasteiger partial charge in [0.05, 0.1) is 0 Å². The SMILES string of the molecule is O=C(Oc1c(F)c(F)c(F)c(F)c1F)c1cccc(Cl)n1. The Balaban J connectivity index is 2.43. The Hall–Kier alpha value is -2.22. The number of benzene rings is 1. The molecule has 9 heteroatoms. The van der Waals surface area contributed by atoms with Crippen molar-refractivity contribution in [2.45, 2.75) is 0 Å². The van der Waals surface area contributed by atoms with Crippen LogP contribution in [0.3, 0.4) is 0 Å². The topological polar surface area (TPSA) is 39.2 Å². The molecule has 0 radical (unpaired) electrons. The molecule has 0 bridgehead atoms. The van der Waals surface area contributed by atoms with E-state index in [9.17, 15) is 26.7 Å². The highest BCUT2D eigenvalue weighted by atomic mass is 35.5. The molecular formula is C12H3ClF5NO2. The van der Waals surface area contributed by atoms with Gasteiger partial charge >= 0.3 is 5.97 Å². The third-order valence-electron chi connectivity index (χ3n) is 2.29. The quantitative estimate of drug-likeness (QED) is 0.211. The predicted molar refractivity (Wildman–Crippen MR) is 60.4 cm³/mol. The highest BCUT2D eigenvalue weighted by Gasteiger charge is 2.29. The van der Waals surface area contributed by atoms with Crippen molar-refractivity contribution in [2.75, 3.05) is 0 Å². The zero-order valence-corrected chi connectivity index (χ0v) is 10.5. The first kappa shape index (κ1) is 15.2. The molecule has 0 amide bonds. The number of rotatable bonds is 2. The van der Waals surface area contributed by atoms with Gasteiger partial charge in [0.25, 0.3) is 0 Å². The molecule has 0 aliphatic rings. The van der Waals surface area contributed by atoms with Crippen LogP contribution in [0.15, 0.2) is 18.2 Å². The molecule has 3 nitrogen and oxygen atoms in total. The number of nitrogens with zero attached hydrogens (tertiary/aromatic N) is 1. The fourth-order valence-corrected chi connectivity index (χ4v) is 1.51. The molecule has 0 atom stereocenters. The zero-order valence-electron chi connectivity index (χ0n) is 9.76. The van der Waals surface area contributed by atoms with Crippen molar-refractivity contribution in [3.63, 3.8) is 0 Å². The van der Waals surface area contributed by atoms with Crippen LogP contribution in [0.4, 0.5) is 22.0 Å². The Labute approximate surface area is 118 Å². The van der Waals surface area contributed by atoms with Gasteiger partial charge in [-0.05, 0) is 12.1 Å². The van der Waals surface area contributed by atoms with Crippen molar-refractivity contribution in [1.82, 2.24) is 4.98 Å². The monoisotopic (exact) mass is 323 g/mol. The Kier molecular flexibility index (Phi) is 4.08. The molecule has 21 heavy (non-hydrogen) atoms. The third-order valence-corrected chi connectivity index (χ3v) is 2.50. The molecule has 1 aromatic carbocycles. The summed E-state index contributed by atoms with van der Waals surface area (Å²) in [5.41, 5.74) is -0.466. The van der Waals surface area contributed by atoms with Gasteiger partial charge in [0, 0.05) is 0 Å². The second-order valence-electron chi connectivity index (χ2n) is 3.63. The van der Waals surface area contributed by atoms with Crippen molar-refractivity contribution < 1.29 is 31.5 Å². The molecule has 0 unspecified atom stereocenters. The van der Waals surface area contributed by atoms with E-state index in [-0.39, 0.29) is 5.15 Å². The second-order valence-corrected chi connectivity index (χ2v) is 4.02. The van der Waals surface area contributed by atoms with Crippen molar-refractivity contribution in [1.29, 1.82) is 0 Å².